The largest absolute Gasteiger partial charge is 0.293 e. The number of carbonyl (C=O) groups is 1. The van der Waals surface area contributed by atoms with Gasteiger partial charge < -0.3 is 0 Å². The van der Waals surface area contributed by atoms with Gasteiger partial charge in [-0.1, -0.05) is 33.7 Å². The maximum atomic E-state index is 10.7. The highest BCUT2D eigenvalue weighted by Gasteiger charge is 2.17. The van der Waals surface area contributed by atoms with Crippen molar-refractivity contribution >= 4 is 27.5 Å². The number of aromatic nitrogens is 1. The number of hydrogen-bond donors (Lipinski definition) is 2. The summed E-state index contributed by atoms with van der Waals surface area (Å²) in [5, 5.41) is 1.78. The van der Waals surface area contributed by atoms with E-state index in [0.717, 1.165) is 0 Å². The number of nitrogens with two attached hydrogens (primary N) is 1. The van der Waals surface area contributed by atoms with Crippen LogP contribution in [0.25, 0.3) is 0 Å². The molecule has 3 N–H and O–H groups in total. The predicted molar refractivity (Wildman–Crippen MR) is 64.7 cm³/mol. The van der Waals surface area contributed by atoms with E-state index in [2.05, 4.69) is 10.4 Å². The molecule has 4 nitrogen and oxygen atoms in total. The lowest BCUT2D eigenvalue weighted by Gasteiger charge is -2.01. The van der Waals surface area contributed by atoms with Crippen LogP contribution in [0.3, 0.4) is 0 Å². The number of nitrogens with one attached hydrogen (secondary N) is 1. The number of amides is 1. The summed E-state index contributed by atoms with van der Waals surface area (Å²) < 4.78 is 0. The van der Waals surface area contributed by atoms with E-state index in [1.54, 1.807) is 23.2 Å². The monoisotopic (exact) mass is 241 g/mol. The molecule has 1 aliphatic rings. The van der Waals surface area contributed by atoms with E-state index in [0.29, 0.717) is 0 Å². The van der Waals surface area contributed by atoms with E-state index in [1.807, 2.05) is 29.7 Å². The molecule has 1 unspecified atom stereocenters. The van der Waals surface area contributed by atoms with Crippen LogP contribution < -0.4 is 11.3 Å². The Balaban J connectivity index is 0.000000162. The van der Waals surface area contributed by atoms with E-state index in [4.69, 9.17) is 5.84 Å². The number of hydrogen-bond acceptors (Lipinski definition) is 5. The zero-order valence-corrected chi connectivity index (χ0v) is 9.50. The lowest BCUT2D eigenvalue weighted by Crippen LogP contribution is -2.35. The third-order valence-corrected chi connectivity index (χ3v) is 3.68. The fraction of sp³-hybridized carbons (Fsp3) is 0.111. The van der Waals surface area contributed by atoms with Gasteiger partial charge >= 0.3 is 0 Å². The van der Waals surface area contributed by atoms with Gasteiger partial charge in [0.15, 0.2) is 0 Å². The summed E-state index contributed by atoms with van der Waals surface area (Å²) in [6.07, 6.45) is 5.32. The van der Waals surface area contributed by atoms with E-state index < -0.39 is 0 Å². The Hall–Kier alpha value is -0.980. The summed E-state index contributed by atoms with van der Waals surface area (Å²) in [6, 6.07) is 5.72. The molecule has 1 amide bonds. The molecule has 0 saturated heterocycles. The molecule has 0 saturated carbocycles. The first-order valence-electron chi connectivity index (χ1n) is 4.19. The first kappa shape index (κ1) is 12.1. The van der Waals surface area contributed by atoms with Crippen LogP contribution in [-0.2, 0) is 4.79 Å². The molecule has 15 heavy (non-hydrogen) atoms. The summed E-state index contributed by atoms with van der Waals surface area (Å²) in [5.74, 6) is 4.76. The minimum atomic E-state index is -0.138. The lowest BCUT2D eigenvalue weighted by atomic mass is 10.4. The van der Waals surface area contributed by atoms with Gasteiger partial charge in [0.1, 0.15) is 5.25 Å². The Morgan fingerprint density at radius 2 is 2.07 bits per heavy atom. The second kappa shape index (κ2) is 7.33. The highest BCUT2D eigenvalue weighted by atomic mass is 33.1. The van der Waals surface area contributed by atoms with E-state index in [9.17, 15) is 4.79 Å². The van der Waals surface area contributed by atoms with Gasteiger partial charge in [0, 0.05) is 12.4 Å². The van der Waals surface area contributed by atoms with Crippen molar-refractivity contribution in [1.82, 2.24) is 10.4 Å². The molecule has 0 aromatic carbocycles. The molecule has 2 heterocycles. The van der Waals surface area contributed by atoms with Gasteiger partial charge in [-0.15, -0.1) is 0 Å². The van der Waals surface area contributed by atoms with Gasteiger partial charge in [-0.05, 0) is 17.5 Å². The van der Waals surface area contributed by atoms with Crippen molar-refractivity contribution in [1.29, 1.82) is 0 Å². The molecule has 1 atom stereocenters. The molecule has 80 valence electrons. The van der Waals surface area contributed by atoms with Gasteiger partial charge in [-0.25, -0.2) is 5.84 Å². The van der Waals surface area contributed by atoms with Crippen LogP contribution in [0.15, 0.2) is 42.1 Å². The zero-order chi connectivity index (χ0) is 10.9. The quantitative estimate of drug-likeness (QED) is 0.336. The third-order valence-electron chi connectivity index (χ3n) is 1.44. The van der Waals surface area contributed by atoms with Gasteiger partial charge in [0.25, 0.3) is 5.91 Å². The summed E-state index contributed by atoms with van der Waals surface area (Å²) in [5.41, 5.74) is 2.08. The van der Waals surface area contributed by atoms with Gasteiger partial charge in [0.05, 0.1) is 0 Å². The first-order chi connectivity index (χ1) is 7.34. The Labute approximate surface area is 96.1 Å². The van der Waals surface area contributed by atoms with Crippen LogP contribution in [0.1, 0.15) is 0 Å². The lowest BCUT2D eigenvalue weighted by molar-refractivity contribution is -0.119. The number of carbonyl (C=O) groups excluding carboxylic acids is 1. The molecule has 1 aliphatic heterocycles. The molecule has 1 aromatic rings. The van der Waals surface area contributed by atoms with Crippen LogP contribution >= 0.6 is 21.6 Å². The summed E-state index contributed by atoms with van der Waals surface area (Å²) >= 11 is 0. The van der Waals surface area contributed by atoms with Gasteiger partial charge in [-0.2, -0.15) is 0 Å². The molecular weight excluding hydrogens is 230 g/mol. The van der Waals surface area contributed by atoms with E-state index >= 15 is 0 Å². The Morgan fingerprint density at radius 3 is 2.40 bits per heavy atom. The third kappa shape index (κ3) is 4.87. The fourth-order valence-electron chi connectivity index (χ4n) is 0.753. The van der Waals surface area contributed by atoms with Crippen molar-refractivity contribution in [3.05, 3.63) is 42.1 Å². The van der Waals surface area contributed by atoms with Crippen LogP contribution in [0.5, 0.6) is 0 Å². The van der Waals surface area contributed by atoms with Gasteiger partial charge in [0.2, 0.25) is 0 Å². The molecule has 0 aliphatic carbocycles. The maximum absolute atomic E-state index is 10.7. The first-order valence-corrected chi connectivity index (χ1v) is 6.46. The normalized spacial score (nSPS) is 17.8. The second-order valence-electron chi connectivity index (χ2n) is 2.47. The van der Waals surface area contributed by atoms with Crippen LogP contribution in [0.4, 0.5) is 0 Å². The number of rotatable bonds is 1. The second-order valence-corrected chi connectivity index (χ2v) is 4.79. The Morgan fingerprint density at radius 1 is 1.33 bits per heavy atom. The Bertz CT molecular complexity index is 292. The molecule has 0 spiro atoms. The number of nitrogens with zero attached hydrogens (tertiary/aromatic N) is 1. The molecule has 0 bridgehead atoms. The molecule has 2 rings (SSSR count). The molecule has 1 aromatic heterocycles. The summed E-state index contributed by atoms with van der Waals surface area (Å²) in [7, 11) is 3.03. The van der Waals surface area contributed by atoms with Crippen molar-refractivity contribution in [3.63, 3.8) is 0 Å². The van der Waals surface area contributed by atoms with Gasteiger partial charge in [-0.3, -0.25) is 15.2 Å². The SMILES string of the molecule is NNC(=O)C1C=CSS1.c1ccncc1. The van der Waals surface area contributed by atoms with E-state index in [1.165, 1.54) is 10.8 Å². The fourth-order valence-corrected chi connectivity index (χ4v) is 2.75. The molecule has 6 heteroatoms. The van der Waals surface area contributed by atoms with Crippen molar-refractivity contribution in [2.75, 3.05) is 0 Å². The minimum Gasteiger partial charge on any atom is -0.293 e. The highest BCUT2D eigenvalue weighted by molar-refractivity contribution is 8.78. The minimum absolute atomic E-state index is 0.0972. The van der Waals surface area contributed by atoms with Crippen molar-refractivity contribution in [2.24, 2.45) is 5.84 Å². The van der Waals surface area contributed by atoms with Crippen LogP contribution in [0, 0.1) is 0 Å². The van der Waals surface area contributed by atoms with Crippen LogP contribution in [-0.4, -0.2) is 16.1 Å². The summed E-state index contributed by atoms with van der Waals surface area (Å²) in [4.78, 5) is 14.5. The van der Waals surface area contributed by atoms with Crippen LogP contribution in [0.2, 0.25) is 0 Å². The summed E-state index contributed by atoms with van der Waals surface area (Å²) in [6.45, 7) is 0. The van der Waals surface area contributed by atoms with Crippen molar-refractivity contribution in [3.8, 4) is 0 Å². The average molecular weight is 241 g/mol. The number of hydrazine groups is 1. The molecule has 0 radical (unpaired) electrons. The predicted octanol–water partition coefficient (Wildman–Crippen LogP) is 1.34. The van der Waals surface area contributed by atoms with Crippen molar-refractivity contribution in [2.45, 2.75) is 5.25 Å². The van der Waals surface area contributed by atoms with E-state index in [-0.39, 0.29) is 11.2 Å². The Kier molecular flexibility index (Phi) is 5.91. The zero-order valence-electron chi connectivity index (χ0n) is 7.87. The molecular formula is C9H11N3OS2. The maximum Gasteiger partial charge on any atom is 0.251 e. The van der Waals surface area contributed by atoms with Crippen molar-refractivity contribution < 1.29 is 4.79 Å². The number of pyridine rings is 1. The standard InChI is InChI=1S/C5H5N.C4H6N2OS2/c1-2-4-6-5-3-1;5-6-4(7)3-1-2-8-9-3/h1-5H;1-3H,5H2,(H,6,7). The average Bonchev–Trinajstić information content (AvgIpc) is 2.85. The smallest absolute Gasteiger partial charge is 0.251 e. The topological polar surface area (TPSA) is 68.0 Å². The highest BCUT2D eigenvalue weighted by Crippen LogP contribution is 2.35. The molecule has 0 fully saturated rings.